The van der Waals surface area contributed by atoms with Crippen molar-refractivity contribution < 1.29 is 9.90 Å². The van der Waals surface area contributed by atoms with E-state index in [0.29, 0.717) is 18.5 Å². The molecule has 0 aromatic carbocycles. The Morgan fingerprint density at radius 2 is 1.82 bits per heavy atom. The summed E-state index contributed by atoms with van der Waals surface area (Å²) >= 11 is 0. The first-order valence-corrected chi connectivity index (χ1v) is 8.51. The van der Waals surface area contributed by atoms with Crippen molar-refractivity contribution in [1.29, 1.82) is 0 Å². The summed E-state index contributed by atoms with van der Waals surface area (Å²) in [5.74, 6) is 0.510. The lowest BCUT2D eigenvalue weighted by atomic mass is 10.0. The Morgan fingerprint density at radius 1 is 1.18 bits per heavy atom. The number of rotatable bonds is 8. The standard InChI is InChI=1S/C16H34N4O2/c1-13(2)15(20-9-7-19(4)8-10-20)12-17-16(22)18-14(3)6-5-11-21/h13-15,21H,5-12H2,1-4H3,(H2,17,18,22). The highest BCUT2D eigenvalue weighted by molar-refractivity contribution is 5.74. The first-order valence-electron chi connectivity index (χ1n) is 8.51. The van der Waals surface area contributed by atoms with Gasteiger partial charge in [-0.15, -0.1) is 0 Å². The number of amides is 2. The maximum atomic E-state index is 12.0. The molecule has 6 nitrogen and oxygen atoms in total. The van der Waals surface area contributed by atoms with Gasteiger partial charge in [0.25, 0.3) is 0 Å². The van der Waals surface area contributed by atoms with Gasteiger partial charge >= 0.3 is 6.03 Å². The third-order valence-electron chi connectivity index (χ3n) is 4.42. The molecule has 2 amide bonds. The van der Waals surface area contributed by atoms with Gasteiger partial charge in [0.15, 0.2) is 0 Å². The van der Waals surface area contributed by atoms with Crippen molar-refractivity contribution in [2.75, 3.05) is 46.4 Å². The number of nitrogens with one attached hydrogen (secondary N) is 2. The summed E-state index contributed by atoms with van der Waals surface area (Å²) in [5, 5.41) is 14.8. The number of hydrogen-bond donors (Lipinski definition) is 3. The fraction of sp³-hybridized carbons (Fsp3) is 0.938. The minimum atomic E-state index is -0.106. The van der Waals surface area contributed by atoms with Gasteiger partial charge in [-0.2, -0.15) is 0 Å². The van der Waals surface area contributed by atoms with Crippen LogP contribution < -0.4 is 10.6 Å². The van der Waals surface area contributed by atoms with Crippen molar-refractivity contribution in [1.82, 2.24) is 20.4 Å². The van der Waals surface area contributed by atoms with E-state index in [1.54, 1.807) is 0 Å². The Kier molecular flexibility index (Phi) is 8.75. The number of aliphatic hydroxyl groups is 1. The molecule has 0 radical (unpaired) electrons. The van der Waals surface area contributed by atoms with Gasteiger partial charge in [-0.25, -0.2) is 4.79 Å². The molecule has 1 heterocycles. The maximum Gasteiger partial charge on any atom is 0.315 e. The number of urea groups is 1. The molecule has 0 bridgehead atoms. The maximum absolute atomic E-state index is 12.0. The first-order chi connectivity index (χ1) is 10.4. The summed E-state index contributed by atoms with van der Waals surface area (Å²) in [6.45, 7) is 11.6. The van der Waals surface area contributed by atoms with E-state index in [1.165, 1.54) is 0 Å². The molecule has 1 saturated heterocycles. The molecule has 1 aliphatic rings. The van der Waals surface area contributed by atoms with Crippen LogP contribution in [0.25, 0.3) is 0 Å². The number of carbonyl (C=O) groups excluding carboxylic acids is 1. The third kappa shape index (κ3) is 6.94. The molecule has 3 N–H and O–H groups in total. The van der Waals surface area contributed by atoms with Crippen LogP contribution in [0.2, 0.25) is 0 Å². The second-order valence-corrected chi connectivity index (χ2v) is 6.77. The Hall–Kier alpha value is -0.850. The largest absolute Gasteiger partial charge is 0.396 e. The molecule has 1 rings (SSSR count). The van der Waals surface area contributed by atoms with E-state index < -0.39 is 0 Å². The molecule has 0 aromatic heterocycles. The van der Waals surface area contributed by atoms with Crippen LogP contribution in [-0.2, 0) is 0 Å². The van der Waals surface area contributed by atoms with Crippen LogP contribution >= 0.6 is 0 Å². The summed E-state index contributed by atoms with van der Waals surface area (Å²) in [7, 11) is 2.15. The minimum Gasteiger partial charge on any atom is -0.396 e. The zero-order valence-corrected chi connectivity index (χ0v) is 14.6. The zero-order valence-electron chi connectivity index (χ0n) is 14.6. The van der Waals surface area contributed by atoms with Crippen LogP contribution in [0.5, 0.6) is 0 Å². The van der Waals surface area contributed by atoms with E-state index in [9.17, 15) is 4.79 Å². The normalized spacial score (nSPS) is 19.9. The van der Waals surface area contributed by atoms with Gasteiger partial charge in [-0.05, 0) is 32.7 Å². The molecular weight excluding hydrogens is 280 g/mol. The Labute approximate surface area is 135 Å². The number of carbonyl (C=O) groups is 1. The fourth-order valence-electron chi connectivity index (χ4n) is 2.88. The predicted octanol–water partition coefficient (Wildman–Crippen LogP) is 0.719. The number of piperazine rings is 1. The molecule has 1 aliphatic heterocycles. The first kappa shape index (κ1) is 19.2. The van der Waals surface area contributed by atoms with Gasteiger partial charge in [0.1, 0.15) is 0 Å². The lowest BCUT2D eigenvalue weighted by Crippen LogP contribution is -2.55. The fourth-order valence-corrected chi connectivity index (χ4v) is 2.88. The molecule has 0 aliphatic carbocycles. The number of nitrogens with zero attached hydrogens (tertiary/aromatic N) is 2. The Balaban J connectivity index is 2.36. The van der Waals surface area contributed by atoms with E-state index in [0.717, 1.165) is 39.0 Å². The smallest absolute Gasteiger partial charge is 0.315 e. The molecule has 2 unspecified atom stereocenters. The molecule has 1 fully saturated rings. The zero-order chi connectivity index (χ0) is 16.5. The van der Waals surface area contributed by atoms with Crippen molar-refractivity contribution in [2.45, 2.75) is 45.7 Å². The molecular formula is C16H34N4O2. The average molecular weight is 314 g/mol. The van der Waals surface area contributed by atoms with Gasteiger partial charge in [0.2, 0.25) is 0 Å². The van der Waals surface area contributed by atoms with Crippen molar-refractivity contribution in [3.8, 4) is 0 Å². The monoisotopic (exact) mass is 314 g/mol. The Bertz CT molecular complexity index is 317. The van der Waals surface area contributed by atoms with Crippen molar-refractivity contribution in [3.63, 3.8) is 0 Å². The quantitative estimate of drug-likeness (QED) is 0.617. The van der Waals surface area contributed by atoms with Crippen molar-refractivity contribution in [3.05, 3.63) is 0 Å². The molecule has 2 atom stereocenters. The van der Waals surface area contributed by atoms with Gasteiger partial charge in [-0.3, -0.25) is 4.90 Å². The topological polar surface area (TPSA) is 67.8 Å². The summed E-state index contributed by atoms with van der Waals surface area (Å²) in [6.07, 6.45) is 1.52. The SMILES string of the molecule is CC(CCCO)NC(=O)NCC(C(C)C)N1CCN(C)CC1. The van der Waals surface area contributed by atoms with Crippen molar-refractivity contribution >= 4 is 6.03 Å². The highest BCUT2D eigenvalue weighted by Crippen LogP contribution is 2.12. The van der Waals surface area contributed by atoms with Crippen LogP contribution in [0.15, 0.2) is 0 Å². The van der Waals surface area contributed by atoms with Crippen LogP contribution in [-0.4, -0.2) is 79.4 Å². The average Bonchev–Trinajstić information content (AvgIpc) is 2.46. The molecule has 6 heteroatoms. The second-order valence-electron chi connectivity index (χ2n) is 6.77. The van der Waals surface area contributed by atoms with Crippen molar-refractivity contribution in [2.24, 2.45) is 5.92 Å². The number of hydrogen-bond acceptors (Lipinski definition) is 4. The molecule has 0 saturated carbocycles. The van der Waals surface area contributed by atoms with Crippen LogP contribution in [0.3, 0.4) is 0 Å². The minimum absolute atomic E-state index is 0.0910. The van der Waals surface area contributed by atoms with Gasteiger partial charge in [0, 0.05) is 51.4 Å². The van der Waals surface area contributed by atoms with E-state index in [2.05, 4.69) is 41.3 Å². The number of likely N-dealkylation sites (N-methyl/N-ethyl adjacent to an activating group) is 1. The summed E-state index contributed by atoms with van der Waals surface area (Å²) < 4.78 is 0. The summed E-state index contributed by atoms with van der Waals surface area (Å²) in [4.78, 5) is 16.8. The van der Waals surface area contributed by atoms with Crippen LogP contribution in [0, 0.1) is 5.92 Å². The van der Waals surface area contributed by atoms with Gasteiger partial charge < -0.3 is 20.6 Å². The highest BCUT2D eigenvalue weighted by Gasteiger charge is 2.25. The summed E-state index contributed by atoms with van der Waals surface area (Å²) in [6, 6.07) is 0.366. The molecule has 0 spiro atoms. The van der Waals surface area contributed by atoms with E-state index >= 15 is 0 Å². The lowest BCUT2D eigenvalue weighted by Gasteiger charge is -2.40. The van der Waals surface area contributed by atoms with Crippen LogP contribution in [0.4, 0.5) is 4.79 Å². The van der Waals surface area contributed by atoms with E-state index in [-0.39, 0.29) is 18.7 Å². The van der Waals surface area contributed by atoms with Gasteiger partial charge in [-0.1, -0.05) is 13.8 Å². The predicted molar refractivity (Wildman–Crippen MR) is 90.0 cm³/mol. The highest BCUT2D eigenvalue weighted by atomic mass is 16.3. The second kappa shape index (κ2) is 10.0. The third-order valence-corrected chi connectivity index (χ3v) is 4.42. The number of aliphatic hydroxyl groups excluding tert-OH is 1. The van der Waals surface area contributed by atoms with E-state index in [1.807, 2.05) is 6.92 Å². The van der Waals surface area contributed by atoms with Crippen LogP contribution in [0.1, 0.15) is 33.6 Å². The Morgan fingerprint density at radius 3 is 2.36 bits per heavy atom. The van der Waals surface area contributed by atoms with E-state index in [4.69, 9.17) is 5.11 Å². The van der Waals surface area contributed by atoms with Gasteiger partial charge in [0.05, 0.1) is 0 Å². The summed E-state index contributed by atoms with van der Waals surface area (Å²) in [5.41, 5.74) is 0. The lowest BCUT2D eigenvalue weighted by molar-refractivity contribution is 0.0886. The molecule has 130 valence electrons. The molecule has 0 aromatic rings. The molecule has 22 heavy (non-hydrogen) atoms.